The molecular formula is C22H29N5O3. The number of nitrogens with two attached hydrogens (primary N) is 2. The van der Waals surface area contributed by atoms with Crippen LogP contribution in [0.4, 0.5) is 5.82 Å². The van der Waals surface area contributed by atoms with Crippen LogP contribution in [0.15, 0.2) is 29.7 Å². The van der Waals surface area contributed by atoms with Gasteiger partial charge in [0.1, 0.15) is 24.5 Å². The van der Waals surface area contributed by atoms with Crippen molar-refractivity contribution < 1.29 is 14.7 Å². The minimum Gasteiger partial charge on any atom is -0.490 e. The second kappa shape index (κ2) is 8.20. The van der Waals surface area contributed by atoms with Gasteiger partial charge in [0.15, 0.2) is 0 Å². The fraction of sp³-hybridized carbons (Fsp3) is 0.500. The Balaban J connectivity index is 1.76. The number of fused-ring (bicyclic) bond motifs is 3. The van der Waals surface area contributed by atoms with Crippen LogP contribution < -0.4 is 16.2 Å². The third-order valence-corrected chi connectivity index (χ3v) is 5.95. The molecule has 0 saturated heterocycles. The molecule has 1 aromatic carbocycles. The molecule has 1 aromatic heterocycles. The number of aliphatic hydroxyl groups excluding tert-OH is 1. The van der Waals surface area contributed by atoms with Gasteiger partial charge in [-0.05, 0) is 57.7 Å². The summed E-state index contributed by atoms with van der Waals surface area (Å²) in [5.41, 5.74) is 15.8. The summed E-state index contributed by atoms with van der Waals surface area (Å²) in [5, 5.41) is 13.5. The van der Waals surface area contributed by atoms with Gasteiger partial charge in [-0.3, -0.25) is 0 Å². The number of anilines is 1. The maximum Gasteiger partial charge on any atom is 0.140 e. The Hall–Kier alpha value is -2.71. The van der Waals surface area contributed by atoms with E-state index >= 15 is 0 Å². The van der Waals surface area contributed by atoms with E-state index in [0.717, 1.165) is 53.8 Å². The van der Waals surface area contributed by atoms with Crippen LogP contribution in [0.5, 0.6) is 5.75 Å². The van der Waals surface area contributed by atoms with E-state index in [1.165, 1.54) is 6.33 Å². The van der Waals surface area contributed by atoms with Gasteiger partial charge in [-0.25, -0.2) is 9.97 Å². The van der Waals surface area contributed by atoms with Crippen LogP contribution in [0.3, 0.4) is 0 Å². The summed E-state index contributed by atoms with van der Waals surface area (Å²) >= 11 is 0. The maximum atomic E-state index is 9.10. The standard InChI is InChI=1S/C22H29N5O3/c1-22(2)18-19(25-12-26-21(18)24)16-8-7-15(30-14-5-3-13(23)4-6-14)11-17(16)20(22)27-29-10-9-28/h7-8,11-14,28H,3-6,9-10,23H2,1-2H3,(H2,24,25,26)/b27-20+/t13-,14-. The van der Waals surface area contributed by atoms with Crippen LogP contribution >= 0.6 is 0 Å². The minimum absolute atomic E-state index is 0.112. The van der Waals surface area contributed by atoms with Crippen LogP contribution in [-0.4, -0.2) is 46.1 Å². The zero-order valence-corrected chi connectivity index (χ0v) is 17.5. The maximum absolute atomic E-state index is 9.10. The Morgan fingerprint density at radius 3 is 2.67 bits per heavy atom. The van der Waals surface area contributed by atoms with E-state index < -0.39 is 5.41 Å². The number of aromatic nitrogens is 2. The van der Waals surface area contributed by atoms with E-state index in [1.807, 2.05) is 32.0 Å². The van der Waals surface area contributed by atoms with Crippen molar-refractivity contribution in [1.29, 1.82) is 0 Å². The van der Waals surface area contributed by atoms with E-state index in [2.05, 4.69) is 15.1 Å². The Kier molecular flexibility index (Phi) is 5.62. The molecule has 160 valence electrons. The van der Waals surface area contributed by atoms with Crippen LogP contribution in [0.2, 0.25) is 0 Å². The lowest BCUT2D eigenvalue weighted by Crippen LogP contribution is -2.36. The van der Waals surface area contributed by atoms with Crippen LogP contribution in [0.25, 0.3) is 11.3 Å². The number of rotatable bonds is 5. The highest BCUT2D eigenvalue weighted by Gasteiger charge is 2.41. The van der Waals surface area contributed by atoms with Gasteiger partial charge in [0, 0.05) is 28.1 Å². The zero-order chi connectivity index (χ0) is 21.3. The first-order valence-electron chi connectivity index (χ1n) is 10.4. The van der Waals surface area contributed by atoms with Gasteiger partial charge in [0.05, 0.1) is 24.1 Å². The average Bonchev–Trinajstić information content (AvgIpc) is 2.72. The summed E-state index contributed by atoms with van der Waals surface area (Å²) in [6.45, 7) is 4.04. The minimum atomic E-state index is -0.584. The molecule has 1 saturated carbocycles. The van der Waals surface area contributed by atoms with Gasteiger partial charge in [-0.2, -0.15) is 0 Å². The normalized spacial score (nSPS) is 23.5. The quantitative estimate of drug-likeness (QED) is 0.509. The number of oxime groups is 1. The van der Waals surface area contributed by atoms with E-state index in [9.17, 15) is 0 Å². The summed E-state index contributed by atoms with van der Waals surface area (Å²) in [6.07, 6.45) is 5.51. The topological polar surface area (TPSA) is 129 Å². The highest BCUT2D eigenvalue weighted by Crippen LogP contribution is 2.45. The number of nitrogen functional groups attached to an aromatic ring is 1. The van der Waals surface area contributed by atoms with Crippen molar-refractivity contribution >= 4 is 11.5 Å². The summed E-state index contributed by atoms with van der Waals surface area (Å²) < 4.78 is 6.27. The summed E-state index contributed by atoms with van der Waals surface area (Å²) in [4.78, 5) is 14.1. The van der Waals surface area contributed by atoms with Gasteiger partial charge >= 0.3 is 0 Å². The lowest BCUT2D eigenvalue weighted by Gasteiger charge is -2.35. The predicted octanol–water partition coefficient (Wildman–Crippen LogP) is 2.38. The third kappa shape index (κ3) is 3.73. The monoisotopic (exact) mass is 411 g/mol. The second-order valence-electron chi connectivity index (χ2n) is 8.47. The molecular weight excluding hydrogens is 382 g/mol. The molecule has 4 rings (SSSR count). The van der Waals surface area contributed by atoms with Gasteiger partial charge in [-0.1, -0.05) is 5.16 Å². The van der Waals surface area contributed by atoms with Crippen LogP contribution in [0, 0.1) is 0 Å². The van der Waals surface area contributed by atoms with Crippen molar-refractivity contribution in [2.24, 2.45) is 10.9 Å². The Morgan fingerprint density at radius 1 is 1.17 bits per heavy atom. The Labute approximate surface area is 176 Å². The molecule has 1 fully saturated rings. The lowest BCUT2D eigenvalue weighted by molar-refractivity contribution is 0.0975. The SMILES string of the molecule is CC1(C)/C(=N/OCCO)c2cc(O[C@H]3CC[C@H](N)CC3)ccc2-c2ncnc(N)c21. The molecule has 1 heterocycles. The molecule has 8 nitrogen and oxygen atoms in total. The van der Waals surface area contributed by atoms with Gasteiger partial charge in [-0.15, -0.1) is 0 Å². The van der Waals surface area contributed by atoms with Gasteiger partial charge < -0.3 is 26.1 Å². The van der Waals surface area contributed by atoms with Crippen molar-refractivity contribution in [3.63, 3.8) is 0 Å². The predicted molar refractivity (Wildman–Crippen MR) is 115 cm³/mol. The van der Waals surface area contributed by atoms with E-state index in [0.29, 0.717) is 11.5 Å². The van der Waals surface area contributed by atoms with Gasteiger partial charge in [0.25, 0.3) is 0 Å². The number of ether oxygens (including phenoxy) is 1. The van der Waals surface area contributed by atoms with E-state index in [1.54, 1.807) is 0 Å². The molecule has 0 bridgehead atoms. The largest absolute Gasteiger partial charge is 0.490 e. The number of hydrogen-bond donors (Lipinski definition) is 3. The molecule has 2 aromatic rings. The van der Waals surface area contributed by atoms with Crippen LogP contribution in [-0.2, 0) is 10.3 Å². The molecule has 0 radical (unpaired) electrons. The van der Waals surface area contributed by atoms with Crippen molar-refractivity contribution in [1.82, 2.24) is 9.97 Å². The molecule has 0 aliphatic heterocycles. The molecule has 0 unspecified atom stereocenters. The van der Waals surface area contributed by atoms with Crippen molar-refractivity contribution in [2.75, 3.05) is 18.9 Å². The first kappa shape index (κ1) is 20.6. The smallest absolute Gasteiger partial charge is 0.140 e. The highest BCUT2D eigenvalue weighted by atomic mass is 16.6. The average molecular weight is 412 g/mol. The van der Waals surface area contributed by atoms with Crippen molar-refractivity contribution in [3.05, 3.63) is 35.7 Å². The van der Waals surface area contributed by atoms with Gasteiger partial charge in [0.2, 0.25) is 0 Å². The van der Waals surface area contributed by atoms with E-state index in [4.69, 9.17) is 26.1 Å². The Morgan fingerprint density at radius 2 is 1.93 bits per heavy atom. The fourth-order valence-electron chi connectivity index (χ4n) is 4.39. The zero-order valence-electron chi connectivity index (χ0n) is 17.5. The highest BCUT2D eigenvalue weighted by molar-refractivity contribution is 6.15. The first-order valence-corrected chi connectivity index (χ1v) is 10.4. The molecule has 2 aliphatic rings. The molecule has 8 heteroatoms. The number of aliphatic hydroxyl groups is 1. The van der Waals surface area contributed by atoms with Crippen LogP contribution in [0.1, 0.15) is 50.7 Å². The number of benzene rings is 1. The third-order valence-electron chi connectivity index (χ3n) is 5.95. The molecule has 5 N–H and O–H groups in total. The molecule has 0 amide bonds. The van der Waals surface area contributed by atoms with E-state index in [-0.39, 0.29) is 25.4 Å². The first-order chi connectivity index (χ1) is 14.4. The summed E-state index contributed by atoms with van der Waals surface area (Å²) in [6, 6.07) is 6.22. The Bertz CT molecular complexity index is 952. The molecule has 0 atom stereocenters. The summed E-state index contributed by atoms with van der Waals surface area (Å²) in [5.74, 6) is 1.20. The summed E-state index contributed by atoms with van der Waals surface area (Å²) in [7, 11) is 0. The molecule has 0 spiro atoms. The number of hydrogen-bond acceptors (Lipinski definition) is 8. The van der Waals surface area contributed by atoms with Crippen molar-refractivity contribution in [2.45, 2.75) is 57.1 Å². The molecule has 30 heavy (non-hydrogen) atoms. The fourth-order valence-corrected chi connectivity index (χ4v) is 4.39. The molecule has 2 aliphatic carbocycles. The second-order valence-corrected chi connectivity index (χ2v) is 8.47. The number of nitrogens with zero attached hydrogens (tertiary/aromatic N) is 3. The van der Waals surface area contributed by atoms with Crippen molar-refractivity contribution in [3.8, 4) is 17.0 Å². The lowest BCUT2D eigenvalue weighted by atomic mass is 9.70.